The van der Waals surface area contributed by atoms with Crippen molar-refractivity contribution in [2.24, 2.45) is 0 Å². The highest BCUT2D eigenvalue weighted by Gasteiger charge is 2.26. The van der Waals surface area contributed by atoms with Gasteiger partial charge in [0, 0.05) is 43.4 Å². The summed E-state index contributed by atoms with van der Waals surface area (Å²) in [4.78, 5) is 42.8. The van der Waals surface area contributed by atoms with E-state index in [1.807, 2.05) is 24.3 Å². The summed E-state index contributed by atoms with van der Waals surface area (Å²) in [5.74, 6) is 1.10. The molecule has 0 bridgehead atoms. The Bertz CT molecular complexity index is 1270. The number of benzene rings is 2. The average molecular weight is 439 g/mol. The van der Waals surface area contributed by atoms with Gasteiger partial charge < -0.3 is 9.80 Å². The monoisotopic (exact) mass is 439 g/mol. The van der Waals surface area contributed by atoms with Gasteiger partial charge in [-0.3, -0.25) is 9.59 Å². The van der Waals surface area contributed by atoms with Crippen LogP contribution >= 0.6 is 0 Å². The molecule has 9 nitrogen and oxygen atoms in total. The highest BCUT2D eigenvalue weighted by atomic mass is 16.2. The van der Waals surface area contributed by atoms with E-state index in [1.165, 1.54) is 12.7 Å². The number of rotatable bonds is 5. The summed E-state index contributed by atoms with van der Waals surface area (Å²) in [6, 6.07) is 17.9. The standard InChI is InChI=1S/C24H21N7O2/c32-23(18-6-2-1-3-7-18)19-8-4-5-9-20(19)24(33)30-12-10-29(11-13-30)21-14-22(27-16-26-21)31-17-25-15-28-31/h1-9,14-17H,10-13H2. The zero-order chi connectivity index (χ0) is 22.6. The van der Waals surface area contributed by atoms with Crippen LogP contribution in [0, 0.1) is 0 Å². The molecule has 1 aliphatic rings. The third-order valence-electron chi connectivity index (χ3n) is 5.62. The first-order valence-corrected chi connectivity index (χ1v) is 10.6. The molecule has 1 saturated heterocycles. The second-order valence-electron chi connectivity index (χ2n) is 7.59. The van der Waals surface area contributed by atoms with E-state index in [0.717, 1.165) is 5.82 Å². The Hall–Kier alpha value is -4.40. The molecule has 33 heavy (non-hydrogen) atoms. The Morgan fingerprint density at radius 1 is 0.758 bits per heavy atom. The number of carbonyl (C=O) groups is 2. The molecular formula is C24H21N7O2. The normalized spacial score (nSPS) is 13.7. The largest absolute Gasteiger partial charge is 0.353 e. The van der Waals surface area contributed by atoms with Crippen molar-refractivity contribution in [2.45, 2.75) is 0 Å². The van der Waals surface area contributed by atoms with Crippen LogP contribution in [-0.2, 0) is 0 Å². The molecule has 0 saturated carbocycles. The second kappa shape index (κ2) is 8.99. The van der Waals surface area contributed by atoms with Crippen LogP contribution in [0.5, 0.6) is 0 Å². The summed E-state index contributed by atoms with van der Waals surface area (Å²) >= 11 is 0. The fraction of sp³-hybridized carbons (Fsp3) is 0.167. The maximum atomic E-state index is 13.3. The number of hydrogen-bond acceptors (Lipinski definition) is 7. The maximum absolute atomic E-state index is 13.3. The molecule has 4 aromatic rings. The van der Waals surface area contributed by atoms with E-state index in [-0.39, 0.29) is 11.7 Å². The minimum Gasteiger partial charge on any atom is -0.353 e. The van der Waals surface area contributed by atoms with Gasteiger partial charge >= 0.3 is 0 Å². The van der Waals surface area contributed by atoms with Crippen LogP contribution in [-0.4, -0.2) is 67.5 Å². The number of amides is 1. The number of ketones is 1. The summed E-state index contributed by atoms with van der Waals surface area (Å²) in [6.45, 7) is 2.29. The van der Waals surface area contributed by atoms with Crippen molar-refractivity contribution in [3.63, 3.8) is 0 Å². The van der Waals surface area contributed by atoms with E-state index in [0.29, 0.717) is 48.7 Å². The van der Waals surface area contributed by atoms with Gasteiger partial charge in [0.25, 0.3) is 5.91 Å². The van der Waals surface area contributed by atoms with Crippen LogP contribution in [0.2, 0.25) is 0 Å². The van der Waals surface area contributed by atoms with Gasteiger partial charge in [-0.25, -0.2) is 19.6 Å². The first-order valence-electron chi connectivity index (χ1n) is 10.6. The summed E-state index contributed by atoms with van der Waals surface area (Å²) in [7, 11) is 0. The smallest absolute Gasteiger partial charge is 0.254 e. The molecule has 2 aromatic carbocycles. The van der Waals surface area contributed by atoms with Gasteiger partial charge in [0.2, 0.25) is 0 Å². The van der Waals surface area contributed by atoms with Crippen LogP contribution in [0.3, 0.4) is 0 Å². The Kier molecular flexibility index (Phi) is 5.59. The molecule has 0 aliphatic carbocycles. The van der Waals surface area contributed by atoms with Gasteiger partial charge in [-0.15, -0.1) is 0 Å². The molecular weight excluding hydrogens is 418 g/mol. The molecule has 0 N–H and O–H groups in total. The molecule has 1 aliphatic heterocycles. The molecule has 3 heterocycles. The predicted octanol–water partition coefficient (Wildman–Crippen LogP) is 2.25. The van der Waals surface area contributed by atoms with Crippen molar-refractivity contribution in [1.82, 2.24) is 29.6 Å². The molecule has 164 valence electrons. The third kappa shape index (κ3) is 4.20. The van der Waals surface area contributed by atoms with E-state index >= 15 is 0 Å². The van der Waals surface area contributed by atoms with E-state index in [2.05, 4.69) is 25.0 Å². The molecule has 0 atom stereocenters. The van der Waals surface area contributed by atoms with Gasteiger partial charge in [-0.05, 0) is 6.07 Å². The van der Waals surface area contributed by atoms with E-state index < -0.39 is 0 Å². The first-order chi connectivity index (χ1) is 16.2. The minimum absolute atomic E-state index is 0.138. The number of carbonyl (C=O) groups excluding carboxylic acids is 2. The minimum atomic E-state index is -0.153. The Morgan fingerprint density at radius 3 is 2.18 bits per heavy atom. The third-order valence-corrected chi connectivity index (χ3v) is 5.62. The number of aromatic nitrogens is 5. The number of nitrogens with zero attached hydrogens (tertiary/aromatic N) is 7. The molecule has 5 rings (SSSR count). The van der Waals surface area contributed by atoms with Gasteiger partial charge in [0.05, 0.1) is 5.56 Å². The molecule has 0 unspecified atom stereocenters. The molecule has 2 aromatic heterocycles. The van der Waals surface area contributed by atoms with Crippen molar-refractivity contribution >= 4 is 17.5 Å². The second-order valence-corrected chi connectivity index (χ2v) is 7.59. The fourth-order valence-corrected chi connectivity index (χ4v) is 3.88. The van der Waals surface area contributed by atoms with Crippen LogP contribution in [0.1, 0.15) is 26.3 Å². The Morgan fingerprint density at radius 2 is 1.45 bits per heavy atom. The molecule has 1 amide bonds. The highest BCUT2D eigenvalue weighted by molar-refractivity contribution is 6.15. The molecule has 9 heteroatoms. The van der Waals surface area contributed by atoms with Crippen molar-refractivity contribution in [2.75, 3.05) is 31.1 Å². The zero-order valence-electron chi connectivity index (χ0n) is 17.8. The number of anilines is 1. The summed E-state index contributed by atoms with van der Waals surface area (Å²) < 4.78 is 1.58. The van der Waals surface area contributed by atoms with Gasteiger partial charge in [0.15, 0.2) is 11.6 Å². The Labute approximate surface area is 190 Å². The SMILES string of the molecule is O=C(c1ccccc1)c1ccccc1C(=O)N1CCN(c2cc(-n3cncn3)ncn2)CC1. The summed E-state index contributed by atoms with van der Waals surface area (Å²) in [5, 5.41) is 4.10. The fourth-order valence-electron chi connectivity index (χ4n) is 3.88. The number of piperazine rings is 1. The van der Waals surface area contributed by atoms with Gasteiger partial charge in [0.1, 0.15) is 24.8 Å². The lowest BCUT2D eigenvalue weighted by molar-refractivity contribution is 0.0742. The zero-order valence-corrected chi connectivity index (χ0v) is 17.8. The summed E-state index contributed by atoms with van der Waals surface area (Å²) in [6.07, 6.45) is 4.53. The van der Waals surface area contributed by atoms with Crippen molar-refractivity contribution in [3.8, 4) is 5.82 Å². The van der Waals surface area contributed by atoms with Crippen molar-refractivity contribution < 1.29 is 9.59 Å². The lowest BCUT2D eigenvalue weighted by atomic mass is 9.97. The van der Waals surface area contributed by atoms with Crippen molar-refractivity contribution in [1.29, 1.82) is 0 Å². The maximum Gasteiger partial charge on any atom is 0.254 e. The molecule has 0 spiro atoms. The molecule has 1 fully saturated rings. The van der Waals surface area contributed by atoms with E-state index in [9.17, 15) is 9.59 Å². The first kappa shape index (κ1) is 20.5. The number of hydrogen-bond donors (Lipinski definition) is 0. The average Bonchev–Trinajstić information content (AvgIpc) is 3.44. The quantitative estimate of drug-likeness (QED) is 0.440. The van der Waals surface area contributed by atoms with Crippen LogP contribution in [0.4, 0.5) is 5.82 Å². The van der Waals surface area contributed by atoms with Crippen molar-refractivity contribution in [3.05, 3.63) is 96.3 Å². The van der Waals surface area contributed by atoms with E-state index in [1.54, 1.807) is 52.3 Å². The Balaban J connectivity index is 1.30. The van der Waals surface area contributed by atoms with Crippen LogP contribution < -0.4 is 4.90 Å². The van der Waals surface area contributed by atoms with Gasteiger partial charge in [-0.2, -0.15) is 5.10 Å². The lowest BCUT2D eigenvalue weighted by Gasteiger charge is -2.35. The van der Waals surface area contributed by atoms with Crippen LogP contribution in [0.25, 0.3) is 5.82 Å². The molecule has 0 radical (unpaired) electrons. The topological polar surface area (TPSA) is 97.1 Å². The van der Waals surface area contributed by atoms with Gasteiger partial charge in [-0.1, -0.05) is 48.5 Å². The summed E-state index contributed by atoms with van der Waals surface area (Å²) in [5.41, 5.74) is 1.41. The lowest BCUT2D eigenvalue weighted by Crippen LogP contribution is -2.49. The van der Waals surface area contributed by atoms with E-state index in [4.69, 9.17) is 0 Å². The predicted molar refractivity (Wildman–Crippen MR) is 121 cm³/mol. The highest BCUT2D eigenvalue weighted by Crippen LogP contribution is 2.20. The van der Waals surface area contributed by atoms with Crippen LogP contribution in [0.15, 0.2) is 79.6 Å².